The molecule has 0 atom stereocenters. The van der Waals surface area contributed by atoms with Gasteiger partial charge in [-0.05, 0) is 51.0 Å². The summed E-state index contributed by atoms with van der Waals surface area (Å²) in [7, 11) is -3.52. The number of sulfone groups is 1. The molecule has 3 aromatic rings. The fraction of sp³-hybridized carbons (Fsp3) is 0.304. The molecular weight excluding hydrogens is 414 g/mol. The first-order valence-electron chi connectivity index (χ1n) is 9.90. The fourth-order valence-electron chi connectivity index (χ4n) is 4.01. The van der Waals surface area contributed by atoms with Crippen LogP contribution in [0.5, 0.6) is 0 Å². The zero-order chi connectivity index (χ0) is 21.3. The van der Waals surface area contributed by atoms with Gasteiger partial charge in [-0.25, -0.2) is 13.4 Å². The van der Waals surface area contributed by atoms with Gasteiger partial charge in [0.1, 0.15) is 6.07 Å². The molecule has 4 rings (SSSR count). The molecular formula is C23H23N3O2S2. The Bertz CT molecular complexity index is 1200. The van der Waals surface area contributed by atoms with Crippen molar-refractivity contribution in [3.8, 4) is 17.3 Å². The van der Waals surface area contributed by atoms with Crippen LogP contribution in [0.4, 0.5) is 5.13 Å². The molecule has 1 aliphatic rings. The number of aromatic nitrogens is 1. The SMILES string of the molecule is Cc1cc(C)cc(-c2csc(N3CCC(S(=O)(=O)c4ccccc4C#N)CC3)n2)c1. The van der Waals surface area contributed by atoms with E-state index in [1.165, 1.54) is 17.2 Å². The molecule has 0 saturated carbocycles. The molecule has 0 bridgehead atoms. The summed E-state index contributed by atoms with van der Waals surface area (Å²) in [6, 6.07) is 14.9. The molecule has 5 nitrogen and oxygen atoms in total. The zero-order valence-corrected chi connectivity index (χ0v) is 18.6. The first-order valence-corrected chi connectivity index (χ1v) is 12.3. The van der Waals surface area contributed by atoms with E-state index in [9.17, 15) is 13.7 Å². The van der Waals surface area contributed by atoms with E-state index in [0.29, 0.717) is 25.9 Å². The Hall–Kier alpha value is -2.69. The number of hydrogen-bond acceptors (Lipinski definition) is 6. The third-order valence-corrected chi connectivity index (χ3v) is 8.69. The maximum absolute atomic E-state index is 13.1. The van der Waals surface area contributed by atoms with Gasteiger partial charge in [-0.15, -0.1) is 11.3 Å². The Morgan fingerprint density at radius 3 is 2.43 bits per heavy atom. The van der Waals surface area contributed by atoms with Crippen LogP contribution >= 0.6 is 11.3 Å². The van der Waals surface area contributed by atoms with Gasteiger partial charge in [0.15, 0.2) is 15.0 Å². The van der Waals surface area contributed by atoms with E-state index < -0.39 is 15.1 Å². The summed E-state index contributed by atoms with van der Waals surface area (Å²) in [6.45, 7) is 5.44. The Morgan fingerprint density at radius 1 is 1.10 bits per heavy atom. The summed E-state index contributed by atoms with van der Waals surface area (Å²) < 4.78 is 26.2. The molecule has 0 unspecified atom stereocenters. The molecule has 30 heavy (non-hydrogen) atoms. The van der Waals surface area contributed by atoms with Crippen LogP contribution in [0.2, 0.25) is 0 Å². The summed E-state index contributed by atoms with van der Waals surface area (Å²) in [5.74, 6) is 0. The molecule has 1 aliphatic heterocycles. The molecule has 0 amide bonds. The van der Waals surface area contributed by atoms with Crippen LogP contribution in [0.3, 0.4) is 0 Å². The van der Waals surface area contributed by atoms with Gasteiger partial charge in [-0.1, -0.05) is 29.3 Å². The van der Waals surface area contributed by atoms with Gasteiger partial charge in [0.05, 0.1) is 21.4 Å². The second kappa shape index (κ2) is 8.21. The van der Waals surface area contributed by atoms with Crippen LogP contribution < -0.4 is 4.90 Å². The Morgan fingerprint density at radius 2 is 1.77 bits per heavy atom. The molecule has 0 aliphatic carbocycles. The number of nitrogens with zero attached hydrogens (tertiary/aromatic N) is 3. The quantitative estimate of drug-likeness (QED) is 0.589. The Labute approximate surface area is 181 Å². The first kappa shape index (κ1) is 20.6. The maximum Gasteiger partial charge on any atom is 0.185 e. The molecule has 1 aromatic heterocycles. The number of piperidine rings is 1. The van der Waals surface area contributed by atoms with E-state index in [-0.39, 0.29) is 10.5 Å². The number of nitriles is 1. The molecule has 154 valence electrons. The van der Waals surface area contributed by atoms with Crippen LogP contribution in [0, 0.1) is 25.2 Å². The van der Waals surface area contributed by atoms with Crippen LogP contribution in [0.15, 0.2) is 52.7 Å². The first-order chi connectivity index (χ1) is 14.4. The topological polar surface area (TPSA) is 74.1 Å². The van der Waals surface area contributed by atoms with Crippen molar-refractivity contribution in [2.75, 3.05) is 18.0 Å². The van der Waals surface area contributed by atoms with Crippen molar-refractivity contribution < 1.29 is 8.42 Å². The average Bonchev–Trinajstić information content (AvgIpc) is 3.23. The molecule has 1 saturated heterocycles. The Balaban J connectivity index is 1.49. The minimum atomic E-state index is -3.52. The summed E-state index contributed by atoms with van der Waals surface area (Å²) in [5, 5.41) is 11.8. The van der Waals surface area contributed by atoms with Crippen molar-refractivity contribution in [2.24, 2.45) is 0 Å². The van der Waals surface area contributed by atoms with Crippen LogP contribution in [-0.4, -0.2) is 31.7 Å². The van der Waals surface area contributed by atoms with Crippen LogP contribution in [-0.2, 0) is 9.84 Å². The summed E-state index contributed by atoms with van der Waals surface area (Å²) in [6.07, 6.45) is 1.06. The van der Waals surface area contributed by atoms with Gasteiger partial charge in [-0.3, -0.25) is 0 Å². The molecule has 7 heteroatoms. The number of hydrogen-bond donors (Lipinski definition) is 0. The highest BCUT2D eigenvalue weighted by Gasteiger charge is 2.33. The van der Waals surface area contributed by atoms with E-state index in [1.807, 2.05) is 6.07 Å². The molecule has 2 heterocycles. The van der Waals surface area contributed by atoms with Crippen LogP contribution in [0.25, 0.3) is 11.3 Å². The van der Waals surface area contributed by atoms with Crippen molar-refractivity contribution >= 4 is 26.3 Å². The highest BCUT2D eigenvalue weighted by Crippen LogP contribution is 2.32. The van der Waals surface area contributed by atoms with E-state index in [1.54, 1.807) is 29.5 Å². The van der Waals surface area contributed by atoms with E-state index in [2.05, 4.69) is 42.3 Å². The van der Waals surface area contributed by atoms with Gasteiger partial charge in [0.25, 0.3) is 0 Å². The molecule has 0 radical (unpaired) electrons. The van der Waals surface area contributed by atoms with Crippen molar-refractivity contribution in [2.45, 2.75) is 36.8 Å². The average molecular weight is 438 g/mol. The summed E-state index contributed by atoms with van der Waals surface area (Å²) >= 11 is 1.60. The minimum absolute atomic E-state index is 0.150. The highest BCUT2D eigenvalue weighted by atomic mass is 32.2. The number of benzene rings is 2. The van der Waals surface area contributed by atoms with E-state index >= 15 is 0 Å². The summed E-state index contributed by atoms with van der Waals surface area (Å²) in [5.41, 5.74) is 4.71. The predicted molar refractivity (Wildman–Crippen MR) is 121 cm³/mol. The zero-order valence-electron chi connectivity index (χ0n) is 17.0. The monoisotopic (exact) mass is 437 g/mol. The largest absolute Gasteiger partial charge is 0.348 e. The van der Waals surface area contributed by atoms with E-state index in [0.717, 1.165) is 16.4 Å². The van der Waals surface area contributed by atoms with Gasteiger partial charge in [0, 0.05) is 24.0 Å². The highest BCUT2D eigenvalue weighted by molar-refractivity contribution is 7.92. The molecule has 2 aromatic carbocycles. The number of anilines is 1. The lowest BCUT2D eigenvalue weighted by Crippen LogP contribution is -2.39. The van der Waals surface area contributed by atoms with Crippen molar-refractivity contribution in [3.63, 3.8) is 0 Å². The van der Waals surface area contributed by atoms with Gasteiger partial charge in [0.2, 0.25) is 0 Å². The fourth-order valence-corrected chi connectivity index (χ4v) is 6.78. The number of rotatable bonds is 4. The number of aryl methyl sites for hydroxylation is 2. The lowest BCUT2D eigenvalue weighted by Gasteiger charge is -2.31. The van der Waals surface area contributed by atoms with Crippen LogP contribution in [0.1, 0.15) is 29.5 Å². The molecule has 0 N–H and O–H groups in total. The maximum atomic E-state index is 13.1. The molecule has 0 spiro atoms. The second-order valence-electron chi connectivity index (χ2n) is 7.73. The lowest BCUT2D eigenvalue weighted by atomic mass is 10.1. The van der Waals surface area contributed by atoms with Crippen molar-refractivity contribution in [1.29, 1.82) is 5.26 Å². The van der Waals surface area contributed by atoms with E-state index in [4.69, 9.17) is 4.98 Å². The second-order valence-corrected chi connectivity index (χ2v) is 10.8. The smallest absolute Gasteiger partial charge is 0.185 e. The van der Waals surface area contributed by atoms with Gasteiger partial charge >= 0.3 is 0 Å². The van der Waals surface area contributed by atoms with Gasteiger partial charge in [-0.2, -0.15) is 5.26 Å². The Kier molecular flexibility index (Phi) is 5.63. The third-order valence-electron chi connectivity index (χ3n) is 5.47. The standard InChI is InChI=1S/C23H23N3O2S2/c1-16-11-17(2)13-19(12-16)21-15-29-23(25-21)26-9-7-20(8-10-26)30(27,28)22-6-4-3-5-18(22)14-24/h3-6,11-13,15,20H,7-10H2,1-2H3. The molecule has 1 fully saturated rings. The number of thiazole rings is 1. The van der Waals surface area contributed by atoms with Crippen molar-refractivity contribution in [3.05, 3.63) is 64.5 Å². The lowest BCUT2D eigenvalue weighted by molar-refractivity contribution is 0.529. The minimum Gasteiger partial charge on any atom is -0.348 e. The predicted octanol–water partition coefficient (Wildman–Crippen LogP) is 4.74. The normalized spacial score (nSPS) is 15.2. The summed E-state index contributed by atoms with van der Waals surface area (Å²) in [4.78, 5) is 7.13. The van der Waals surface area contributed by atoms with Crippen molar-refractivity contribution in [1.82, 2.24) is 4.98 Å². The van der Waals surface area contributed by atoms with Gasteiger partial charge < -0.3 is 4.90 Å². The third kappa shape index (κ3) is 3.98.